The number of hydrogen-bond acceptors (Lipinski definition) is 5. The fourth-order valence-electron chi connectivity index (χ4n) is 1.84. The topological polar surface area (TPSA) is 64.6 Å². The number of fused-ring (bicyclic) bond motifs is 1. The molecule has 1 aromatic rings. The number of nitrogens with one attached hydrogen (secondary N) is 1. The SMILES string of the molecule is CC(C)NCC1COc2c(F)cc(S(C)(=O)=O)cc2O1. The van der Waals surface area contributed by atoms with Crippen LogP contribution < -0.4 is 14.8 Å². The molecule has 0 saturated carbocycles. The fraction of sp³-hybridized carbons (Fsp3) is 0.538. The van der Waals surface area contributed by atoms with Crippen LogP contribution in [0.2, 0.25) is 0 Å². The van der Waals surface area contributed by atoms with Crippen molar-refractivity contribution in [2.24, 2.45) is 0 Å². The van der Waals surface area contributed by atoms with Gasteiger partial charge in [-0.25, -0.2) is 12.8 Å². The lowest BCUT2D eigenvalue weighted by atomic mass is 10.2. The van der Waals surface area contributed by atoms with Gasteiger partial charge in [-0.3, -0.25) is 0 Å². The van der Waals surface area contributed by atoms with Crippen molar-refractivity contribution in [3.05, 3.63) is 17.9 Å². The first-order chi connectivity index (χ1) is 9.27. The summed E-state index contributed by atoms with van der Waals surface area (Å²) in [5.74, 6) is -0.622. The van der Waals surface area contributed by atoms with Crippen LogP contribution >= 0.6 is 0 Å². The van der Waals surface area contributed by atoms with Gasteiger partial charge >= 0.3 is 0 Å². The molecule has 0 amide bonds. The lowest BCUT2D eigenvalue weighted by molar-refractivity contribution is 0.0843. The lowest BCUT2D eigenvalue weighted by Gasteiger charge is -2.27. The van der Waals surface area contributed by atoms with Crippen LogP contribution in [-0.2, 0) is 9.84 Å². The highest BCUT2D eigenvalue weighted by molar-refractivity contribution is 7.90. The molecule has 0 saturated heterocycles. The van der Waals surface area contributed by atoms with Gasteiger partial charge in [0.2, 0.25) is 0 Å². The molecule has 1 aliphatic heterocycles. The van der Waals surface area contributed by atoms with Crippen LogP contribution in [0.3, 0.4) is 0 Å². The summed E-state index contributed by atoms with van der Waals surface area (Å²) in [5.41, 5.74) is 0. The average molecular weight is 303 g/mol. The van der Waals surface area contributed by atoms with Gasteiger partial charge in [-0.2, -0.15) is 0 Å². The van der Waals surface area contributed by atoms with Crippen LogP contribution in [0.15, 0.2) is 17.0 Å². The Morgan fingerprint density at radius 3 is 2.75 bits per heavy atom. The largest absolute Gasteiger partial charge is 0.483 e. The molecule has 0 fully saturated rings. The van der Waals surface area contributed by atoms with Gasteiger partial charge in [0.05, 0.1) is 4.90 Å². The predicted octanol–water partition coefficient (Wildman–Crippen LogP) is 1.37. The van der Waals surface area contributed by atoms with Crippen molar-refractivity contribution < 1.29 is 22.3 Å². The molecule has 0 aromatic heterocycles. The Morgan fingerprint density at radius 2 is 2.15 bits per heavy atom. The van der Waals surface area contributed by atoms with E-state index < -0.39 is 15.7 Å². The maximum Gasteiger partial charge on any atom is 0.197 e. The van der Waals surface area contributed by atoms with Crippen molar-refractivity contribution in [3.63, 3.8) is 0 Å². The summed E-state index contributed by atoms with van der Waals surface area (Å²) in [7, 11) is -3.49. The first kappa shape index (κ1) is 15.1. The van der Waals surface area contributed by atoms with Crippen LogP contribution in [0.1, 0.15) is 13.8 Å². The molecule has 1 unspecified atom stereocenters. The Morgan fingerprint density at radius 1 is 1.45 bits per heavy atom. The standard InChI is InChI=1S/C13H18FNO4S/c1-8(2)15-6-9-7-18-13-11(14)4-10(20(3,16)17)5-12(13)19-9/h4-5,8-9,15H,6-7H2,1-3H3. The van der Waals surface area contributed by atoms with Crippen molar-refractivity contribution in [1.29, 1.82) is 0 Å². The summed E-state index contributed by atoms with van der Waals surface area (Å²) < 4.78 is 47.7. The van der Waals surface area contributed by atoms with E-state index in [1.165, 1.54) is 6.07 Å². The summed E-state index contributed by atoms with van der Waals surface area (Å²) in [4.78, 5) is -0.116. The minimum absolute atomic E-state index is 0.0294. The molecule has 1 aliphatic rings. The van der Waals surface area contributed by atoms with Crippen LogP contribution in [-0.4, -0.2) is 40.0 Å². The second-order valence-electron chi connectivity index (χ2n) is 5.12. The van der Waals surface area contributed by atoms with Gasteiger partial charge in [-0.1, -0.05) is 13.8 Å². The maximum absolute atomic E-state index is 13.8. The van der Waals surface area contributed by atoms with E-state index in [4.69, 9.17) is 9.47 Å². The van der Waals surface area contributed by atoms with E-state index in [9.17, 15) is 12.8 Å². The molecule has 1 N–H and O–H groups in total. The first-order valence-corrected chi connectivity index (χ1v) is 8.23. The average Bonchev–Trinajstić information content (AvgIpc) is 2.34. The zero-order valence-corrected chi connectivity index (χ0v) is 12.5. The maximum atomic E-state index is 13.8. The third-order valence-electron chi connectivity index (χ3n) is 2.87. The van der Waals surface area contributed by atoms with Crippen LogP contribution in [0, 0.1) is 5.82 Å². The van der Waals surface area contributed by atoms with Gasteiger partial charge in [0, 0.05) is 24.9 Å². The van der Waals surface area contributed by atoms with E-state index in [2.05, 4.69) is 5.32 Å². The van der Waals surface area contributed by atoms with Gasteiger partial charge in [0.15, 0.2) is 27.2 Å². The highest BCUT2D eigenvalue weighted by Gasteiger charge is 2.26. The highest BCUT2D eigenvalue weighted by Crippen LogP contribution is 2.36. The van der Waals surface area contributed by atoms with Gasteiger partial charge in [-0.15, -0.1) is 0 Å². The molecule has 0 spiro atoms. The zero-order chi connectivity index (χ0) is 14.9. The molecule has 1 atom stereocenters. The molecular formula is C13H18FNO4S. The van der Waals surface area contributed by atoms with Crippen LogP contribution in [0.4, 0.5) is 4.39 Å². The predicted molar refractivity (Wildman–Crippen MR) is 72.6 cm³/mol. The third-order valence-corrected chi connectivity index (χ3v) is 3.96. The first-order valence-electron chi connectivity index (χ1n) is 6.34. The van der Waals surface area contributed by atoms with Gasteiger partial charge in [0.25, 0.3) is 0 Å². The van der Waals surface area contributed by atoms with Gasteiger partial charge < -0.3 is 14.8 Å². The Bertz CT molecular complexity index is 601. The van der Waals surface area contributed by atoms with E-state index in [0.29, 0.717) is 12.6 Å². The molecular weight excluding hydrogens is 285 g/mol. The zero-order valence-electron chi connectivity index (χ0n) is 11.6. The smallest absolute Gasteiger partial charge is 0.197 e. The van der Waals surface area contributed by atoms with Crippen LogP contribution in [0.5, 0.6) is 11.5 Å². The summed E-state index contributed by atoms with van der Waals surface area (Å²) in [6.07, 6.45) is 0.745. The van der Waals surface area contributed by atoms with Crippen molar-refractivity contribution in [1.82, 2.24) is 5.32 Å². The Balaban J connectivity index is 2.24. The number of rotatable bonds is 4. The number of sulfone groups is 1. The van der Waals surface area contributed by atoms with Crippen molar-refractivity contribution in [2.45, 2.75) is 30.9 Å². The molecule has 7 heteroatoms. The summed E-state index contributed by atoms with van der Waals surface area (Å²) >= 11 is 0. The second kappa shape index (κ2) is 5.57. The second-order valence-corrected chi connectivity index (χ2v) is 7.13. The van der Waals surface area contributed by atoms with Gasteiger partial charge in [0.1, 0.15) is 12.7 Å². The number of hydrogen-bond donors (Lipinski definition) is 1. The molecule has 0 radical (unpaired) electrons. The summed E-state index contributed by atoms with van der Waals surface area (Å²) in [6.45, 7) is 4.77. The Kier molecular flexibility index (Phi) is 4.19. The number of halogens is 1. The van der Waals surface area contributed by atoms with E-state index in [1.54, 1.807) is 0 Å². The molecule has 0 bridgehead atoms. The molecule has 5 nitrogen and oxygen atoms in total. The van der Waals surface area contributed by atoms with E-state index in [-0.39, 0.29) is 29.1 Å². The number of ether oxygens (including phenoxy) is 2. The van der Waals surface area contributed by atoms with E-state index in [0.717, 1.165) is 12.3 Å². The minimum Gasteiger partial charge on any atom is -0.483 e. The van der Waals surface area contributed by atoms with Crippen molar-refractivity contribution in [3.8, 4) is 11.5 Å². The van der Waals surface area contributed by atoms with Crippen LogP contribution in [0.25, 0.3) is 0 Å². The Hall–Kier alpha value is -1.34. The highest BCUT2D eigenvalue weighted by atomic mass is 32.2. The van der Waals surface area contributed by atoms with E-state index in [1.807, 2.05) is 13.8 Å². The van der Waals surface area contributed by atoms with Gasteiger partial charge in [-0.05, 0) is 6.07 Å². The minimum atomic E-state index is -3.49. The molecule has 2 rings (SSSR count). The summed E-state index contributed by atoms with van der Waals surface area (Å²) in [5, 5.41) is 3.19. The quantitative estimate of drug-likeness (QED) is 0.910. The van der Waals surface area contributed by atoms with Crippen molar-refractivity contribution >= 4 is 9.84 Å². The Labute approximate surface area is 118 Å². The fourth-order valence-corrected chi connectivity index (χ4v) is 2.48. The number of benzene rings is 1. The lowest BCUT2D eigenvalue weighted by Crippen LogP contribution is -2.41. The molecule has 0 aliphatic carbocycles. The summed E-state index contributed by atoms with van der Waals surface area (Å²) in [6, 6.07) is 2.54. The van der Waals surface area contributed by atoms with E-state index >= 15 is 0 Å². The van der Waals surface area contributed by atoms with Crippen molar-refractivity contribution in [2.75, 3.05) is 19.4 Å². The molecule has 1 heterocycles. The molecule has 112 valence electrons. The third kappa shape index (κ3) is 3.40. The molecule has 20 heavy (non-hydrogen) atoms. The normalized spacial score (nSPS) is 18.4. The monoisotopic (exact) mass is 303 g/mol. The molecule has 1 aromatic carbocycles.